The van der Waals surface area contributed by atoms with E-state index in [2.05, 4.69) is 12.2 Å². The monoisotopic (exact) mass is 259 g/mol. The van der Waals surface area contributed by atoms with Gasteiger partial charge in [0.05, 0.1) is 0 Å². The summed E-state index contributed by atoms with van der Waals surface area (Å²) in [6.07, 6.45) is 2.51. The van der Waals surface area contributed by atoms with Crippen LogP contribution < -0.4 is 5.32 Å². The van der Waals surface area contributed by atoms with Crippen molar-refractivity contribution in [3.8, 4) is 0 Å². The van der Waals surface area contributed by atoms with Gasteiger partial charge in [-0.3, -0.25) is 0 Å². The second-order valence-electron chi connectivity index (χ2n) is 5.18. The first-order valence-electron chi connectivity index (χ1n) is 6.66. The molecule has 0 spiro atoms. The molecule has 1 saturated carbocycles. The zero-order chi connectivity index (χ0) is 13.4. The summed E-state index contributed by atoms with van der Waals surface area (Å²) >= 11 is 0. The highest BCUT2D eigenvalue weighted by Crippen LogP contribution is 2.33. The third kappa shape index (κ3) is 2.49. The number of carboxylic acids is 1. The number of rotatable bonds is 5. The lowest BCUT2D eigenvalue weighted by molar-refractivity contribution is 0.0665. The van der Waals surface area contributed by atoms with E-state index >= 15 is 0 Å². The molecule has 0 amide bonds. The molecule has 0 bridgehead atoms. The van der Waals surface area contributed by atoms with Gasteiger partial charge < -0.3 is 14.8 Å². The van der Waals surface area contributed by atoms with Gasteiger partial charge in [0.2, 0.25) is 5.76 Å². The number of benzene rings is 1. The Hall–Kier alpha value is -1.81. The van der Waals surface area contributed by atoms with E-state index in [9.17, 15) is 4.79 Å². The Kier molecular flexibility index (Phi) is 3.03. The van der Waals surface area contributed by atoms with Crippen molar-refractivity contribution >= 4 is 16.9 Å². The predicted molar refractivity (Wildman–Crippen MR) is 72.2 cm³/mol. The molecule has 1 heterocycles. The highest BCUT2D eigenvalue weighted by Gasteiger charge is 2.34. The summed E-state index contributed by atoms with van der Waals surface area (Å²) in [6, 6.07) is 8.03. The van der Waals surface area contributed by atoms with Gasteiger partial charge in [-0.15, -0.1) is 0 Å². The summed E-state index contributed by atoms with van der Waals surface area (Å²) in [7, 11) is 0. The van der Waals surface area contributed by atoms with E-state index in [1.54, 1.807) is 6.07 Å². The fourth-order valence-corrected chi connectivity index (χ4v) is 2.51. The molecule has 2 aromatic rings. The van der Waals surface area contributed by atoms with Crippen molar-refractivity contribution in [2.75, 3.05) is 0 Å². The third-order valence-electron chi connectivity index (χ3n) is 3.81. The lowest BCUT2D eigenvalue weighted by Gasteiger charge is -2.03. The van der Waals surface area contributed by atoms with Gasteiger partial charge in [-0.25, -0.2) is 4.79 Å². The van der Waals surface area contributed by atoms with Gasteiger partial charge in [-0.05, 0) is 36.1 Å². The predicted octanol–water partition coefficient (Wildman–Crippen LogP) is 3.02. The summed E-state index contributed by atoms with van der Waals surface area (Å²) < 4.78 is 5.24. The number of nitrogens with one attached hydrogen (secondary N) is 1. The quantitative estimate of drug-likeness (QED) is 0.866. The topological polar surface area (TPSA) is 62.5 Å². The molecule has 1 aromatic heterocycles. The Bertz CT molecular complexity index is 617. The smallest absolute Gasteiger partial charge is 0.371 e. The second-order valence-corrected chi connectivity index (χ2v) is 5.18. The van der Waals surface area contributed by atoms with Gasteiger partial charge in [0, 0.05) is 18.0 Å². The highest BCUT2D eigenvalue weighted by molar-refractivity contribution is 5.91. The molecule has 1 aromatic carbocycles. The van der Waals surface area contributed by atoms with Gasteiger partial charge in [0.1, 0.15) is 5.58 Å². The summed E-state index contributed by atoms with van der Waals surface area (Å²) in [6.45, 7) is 3.04. The molecular weight excluding hydrogens is 242 g/mol. The molecule has 0 aliphatic heterocycles. The first-order valence-corrected chi connectivity index (χ1v) is 6.66. The molecule has 100 valence electrons. The highest BCUT2D eigenvalue weighted by atomic mass is 16.4. The molecule has 0 saturated heterocycles. The van der Waals surface area contributed by atoms with E-state index in [4.69, 9.17) is 9.52 Å². The van der Waals surface area contributed by atoms with E-state index in [1.165, 1.54) is 12.8 Å². The van der Waals surface area contributed by atoms with Gasteiger partial charge in [0.15, 0.2) is 0 Å². The number of carbonyl (C=O) groups is 1. The minimum atomic E-state index is -1.03. The van der Waals surface area contributed by atoms with Crippen LogP contribution in [-0.4, -0.2) is 17.1 Å². The van der Waals surface area contributed by atoms with Crippen LogP contribution in [-0.2, 0) is 6.54 Å². The van der Waals surface area contributed by atoms with Crippen LogP contribution in [0.1, 0.15) is 35.9 Å². The van der Waals surface area contributed by atoms with E-state index in [0.29, 0.717) is 11.6 Å². The fourth-order valence-electron chi connectivity index (χ4n) is 2.51. The number of hydrogen-bond donors (Lipinski definition) is 2. The van der Waals surface area contributed by atoms with Crippen LogP contribution in [0.25, 0.3) is 11.0 Å². The van der Waals surface area contributed by atoms with Crippen molar-refractivity contribution in [1.82, 2.24) is 5.32 Å². The van der Waals surface area contributed by atoms with Crippen molar-refractivity contribution in [2.45, 2.75) is 32.4 Å². The Labute approximate surface area is 111 Å². The maximum atomic E-state index is 10.8. The standard InChI is InChI=1S/C15H17NO3/c1-2-10-6-12(10)16-8-9-3-4-13-11(5-9)7-14(19-13)15(17)18/h3-5,7,10,12,16H,2,6,8H2,1H3,(H,17,18). The maximum absolute atomic E-state index is 10.8. The molecule has 2 atom stereocenters. The average molecular weight is 259 g/mol. The summed E-state index contributed by atoms with van der Waals surface area (Å²) in [4.78, 5) is 10.8. The van der Waals surface area contributed by atoms with Gasteiger partial charge in [-0.1, -0.05) is 19.4 Å². The zero-order valence-corrected chi connectivity index (χ0v) is 10.8. The summed E-state index contributed by atoms with van der Waals surface area (Å²) in [5, 5.41) is 13.3. The molecule has 4 heteroatoms. The maximum Gasteiger partial charge on any atom is 0.371 e. The lowest BCUT2D eigenvalue weighted by Crippen LogP contribution is -2.17. The fraction of sp³-hybridized carbons (Fsp3) is 0.400. The molecule has 1 aliphatic rings. The van der Waals surface area contributed by atoms with Crippen molar-refractivity contribution in [3.05, 3.63) is 35.6 Å². The second kappa shape index (κ2) is 4.70. The molecule has 0 radical (unpaired) electrons. The Balaban J connectivity index is 1.72. The minimum Gasteiger partial charge on any atom is -0.475 e. The van der Waals surface area contributed by atoms with Crippen molar-refractivity contribution in [1.29, 1.82) is 0 Å². The molecule has 3 rings (SSSR count). The van der Waals surface area contributed by atoms with Crippen LogP contribution >= 0.6 is 0 Å². The molecular formula is C15H17NO3. The number of hydrogen-bond acceptors (Lipinski definition) is 3. The van der Waals surface area contributed by atoms with Gasteiger partial charge in [0.25, 0.3) is 0 Å². The largest absolute Gasteiger partial charge is 0.475 e. The number of furan rings is 1. The average Bonchev–Trinajstić information content (AvgIpc) is 3.03. The number of fused-ring (bicyclic) bond motifs is 1. The zero-order valence-electron chi connectivity index (χ0n) is 10.8. The van der Waals surface area contributed by atoms with E-state index < -0.39 is 5.97 Å². The van der Waals surface area contributed by atoms with Crippen LogP contribution in [0.2, 0.25) is 0 Å². The van der Waals surface area contributed by atoms with E-state index in [-0.39, 0.29) is 5.76 Å². The summed E-state index contributed by atoms with van der Waals surface area (Å²) in [5.74, 6) is -0.204. The molecule has 1 aliphatic carbocycles. The molecule has 2 N–H and O–H groups in total. The van der Waals surface area contributed by atoms with E-state index in [1.807, 2.05) is 18.2 Å². The van der Waals surface area contributed by atoms with Crippen molar-refractivity contribution in [2.24, 2.45) is 5.92 Å². The summed E-state index contributed by atoms with van der Waals surface area (Å²) in [5.41, 5.74) is 1.78. The van der Waals surface area contributed by atoms with Crippen molar-refractivity contribution < 1.29 is 14.3 Å². The Morgan fingerprint density at radius 3 is 3.00 bits per heavy atom. The van der Waals surface area contributed by atoms with Crippen LogP contribution in [0, 0.1) is 5.92 Å². The SMILES string of the molecule is CCC1CC1NCc1ccc2oc(C(=O)O)cc2c1. The van der Waals surface area contributed by atoms with Crippen LogP contribution in [0.15, 0.2) is 28.7 Å². The molecule has 19 heavy (non-hydrogen) atoms. The minimum absolute atomic E-state index is 0.00616. The Morgan fingerprint density at radius 1 is 1.47 bits per heavy atom. The van der Waals surface area contributed by atoms with Crippen LogP contribution in [0.4, 0.5) is 0 Å². The number of carboxylic acid groups (broad SMARTS) is 1. The van der Waals surface area contributed by atoms with Crippen molar-refractivity contribution in [3.63, 3.8) is 0 Å². The Morgan fingerprint density at radius 2 is 2.32 bits per heavy atom. The molecule has 2 unspecified atom stereocenters. The molecule has 1 fully saturated rings. The van der Waals surface area contributed by atoms with E-state index in [0.717, 1.165) is 23.4 Å². The van der Waals surface area contributed by atoms with Crippen LogP contribution in [0.3, 0.4) is 0 Å². The van der Waals surface area contributed by atoms with Gasteiger partial charge in [-0.2, -0.15) is 0 Å². The third-order valence-corrected chi connectivity index (χ3v) is 3.81. The first kappa shape index (κ1) is 12.2. The normalized spacial score (nSPS) is 21.7. The van der Waals surface area contributed by atoms with Gasteiger partial charge >= 0.3 is 5.97 Å². The van der Waals surface area contributed by atoms with Crippen LogP contribution in [0.5, 0.6) is 0 Å². The first-order chi connectivity index (χ1) is 9.17. The lowest BCUT2D eigenvalue weighted by atomic mass is 10.1. The molecule has 4 nitrogen and oxygen atoms in total. The number of aromatic carboxylic acids is 1.